The van der Waals surface area contributed by atoms with Gasteiger partial charge < -0.3 is 9.72 Å². The van der Waals surface area contributed by atoms with E-state index in [4.69, 9.17) is 0 Å². The van der Waals surface area contributed by atoms with E-state index in [2.05, 4.69) is 29.4 Å². The van der Waals surface area contributed by atoms with Gasteiger partial charge in [0.2, 0.25) is 5.91 Å². The second-order valence-electron chi connectivity index (χ2n) is 6.88. The monoisotopic (exact) mass is 307 g/mol. The van der Waals surface area contributed by atoms with E-state index in [0.29, 0.717) is 0 Å². The Morgan fingerprint density at radius 3 is 2.70 bits per heavy atom. The number of aryl methyl sites for hydroxylation is 1. The number of hydrogen-bond acceptors (Lipinski definition) is 2. The number of imidazole rings is 1. The van der Waals surface area contributed by atoms with Crippen LogP contribution in [0.5, 0.6) is 0 Å². The summed E-state index contributed by atoms with van der Waals surface area (Å²) in [5, 5.41) is 2.96. The lowest BCUT2D eigenvalue weighted by Gasteiger charge is -2.17. The molecule has 0 unspecified atom stereocenters. The van der Waals surface area contributed by atoms with Gasteiger partial charge in [-0.25, -0.2) is 4.98 Å². The molecule has 3 aromatic rings. The summed E-state index contributed by atoms with van der Waals surface area (Å²) in [7, 11) is 0. The molecule has 1 amide bonds. The molecular formula is C19H21N3O. The lowest BCUT2D eigenvalue weighted by molar-refractivity contribution is -0.123. The first-order chi connectivity index (χ1) is 10.8. The first kappa shape index (κ1) is 15.3. The summed E-state index contributed by atoms with van der Waals surface area (Å²) < 4.78 is 2.00. The van der Waals surface area contributed by atoms with Crippen molar-refractivity contribution in [1.29, 1.82) is 0 Å². The van der Waals surface area contributed by atoms with Gasteiger partial charge in [0.25, 0.3) is 0 Å². The Bertz CT molecular complexity index is 872. The van der Waals surface area contributed by atoms with E-state index < -0.39 is 5.41 Å². The zero-order valence-electron chi connectivity index (χ0n) is 13.9. The van der Waals surface area contributed by atoms with E-state index >= 15 is 0 Å². The molecule has 4 heteroatoms. The van der Waals surface area contributed by atoms with Crippen molar-refractivity contribution in [3.8, 4) is 11.3 Å². The van der Waals surface area contributed by atoms with Crippen molar-refractivity contribution in [2.45, 2.75) is 27.7 Å². The molecule has 1 N–H and O–H groups in total. The molecule has 0 aliphatic carbocycles. The van der Waals surface area contributed by atoms with Gasteiger partial charge in [-0.05, 0) is 36.8 Å². The number of amides is 1. The number of benzene rings is 1. The third-order valence-electron chi connectivity index (χ3n) is 3.71. The second-order valence-corrected chi connectivity index (χ2v) is 6.88. The van der Waals surface area contributed by atoms with Gasteiger partial charge in [-0.3, -0.25) is 4.79 Å². The minimum Gasteiger partial charge on any atom is -0.326 e. The number of anilines is 1. The van der Waals surface area contributed by atoms with Gasteiger partial charge in [-0.1, -0.05) is 32.9 Å². The van der Waals surface area contributed by atoms with Crippen LogP contribution in [0.25, 0.3) is 16.9 Å². The van der Waals surface area contributed by atoms with Gasteiger partial charge in [0.05, 0.1) is 5.69 Å². The average Bonchev–Trinajstić information content (AvgIpc) is 2.89. The smallest absolute Gasteiger partial charge is 0.229 e. The first-order valence-electron chi connectivity index (χ1n) is 7.70. The fraction of sp³-hybridized carbons (Fsp3) is 0.263. The number of nitrogens with zero attached hydrogens (tertiary/aromatic N) is 2. The van der Waals surface area contributed by atoms with Crippen LogP contribution in [0, 0.1) is 12.3 Å². The SMILES string of the molecule is Cc1ccn2cc(-c3cccc(NC(=O)C(C)(C)C)c3)nc2c1. The van der Waals surface area contributed by atoms with Gasteiger partial charge in [-0.2, -0.15) is 0 Å². The van der Waals surface area contributed by atoms with Crippen molar-refractivity contribution in [1.82, 2.24) is 9.38 Å². The van der Waals surface area contributed by atoms with E-state index in [9.17, 15) is 4.79 Å². The van der Waals surface area contributed by atoms with Crippen LogP contribution in [0.2, 0.25) is 0 Å². The summed E-state index contributed by atoms with van der Waals surface area (Å²) in [4.78, 5) is 16.8. The molecule has 0 fully saturated rings. The molecule has 0 radical (unpaired) electrons. The van der Waals surface area contributed by atoms with Gasteiger partial charge in [0, 0.05) is 29.1 Å². The Labute approximate surface area is 136 Å². The minimum absolute atomic E-state index is 0.000256. The summed E-state index contributed by atoms with van der Waals surface area (Å²) in [5.41, 5.74) is 4.34. The second kappa shape index (κ2) is 5.54. The number of hydrogen-bond donors (Lipinski definition) is 1. The maximum absolute atomic E-state index is 12.1. The number of carbonyl (C=O) groups excluding carboxylic acids is 1. The van der Waals surface area contributed by atoms with Crippen molar-refractivity contribution < 1.29 is 4.79 Å². The molecule has 0 atom stereocenters. The zero-order chi connectivity index (χ0) is 16.6. The Hall–Kier alpha value is -2.62. The van der Waals surface area contributed by atoms with Gasteiger partial charge >= 0.3 is 0 Å². The van der Waals surface area contributed by atoms with E-state index in [1.54, 1.807) is 0 Å². The molecule has 2 aromatic heterocycles. The van der Waals surface area contributed by atoms with Crippen molar-refractivity contribution in [3.05, 3.63) is 54.4 Å². The van der Waals surface area contributed by atoms with Gasteiger partial charge in [0.1, 0.15) is 5.65 Å². The fourth-order valence-electron chi connectivity index (χ4n) is 2.30. The highest BCUT2D eigenvalue weighted by Gasteiger charge is 2.21. The number of aromatic nitrogens is 2. The van der Waals surface area contributed by atoms with Crippen LogP contribution in [0.3, 0.4) is 0 Å². The fourth-order valence-corrected chi connectivity index (χ4v) is 2.30. The Morgan fingerprint density at radius 2 is 1.96 bits per heavy atom. The minimum atomic E-state index is -0.420. The maximum Gasteiger partial charge on any atom is 0.229 e. The summed E-state index contributed by atoms with van der Waals surface area (Å²) in [6.07, 6.45) is 4.01. The quantitative estimate of drug-likeness (QED) is 0.767. The third kappa shape index (κ3) is 3.26. The van der Waals surface area contributed by atoms with Crippen LogP contribution in [0.15, 0.2) is 48.8 Å². The zero-order valence-corrected chi connectivity index (χ0v) is 13.9. The highest BCUT2D eigenvalue weighted by molar-refractivity contribution is 5.95. The highest BCUT2D eigenvalue weighted by Crippen LogP contribution is 2.24. The van der Waals surface area contributed by atoms with E-state index in [1.807, 2.05) is 61.8 Å². The normalized spacial score (nSPS) is 11.7. The number of rotatable bonds is 2. The van der Waals surface area contributed by atoms with Crippen LogP contribution < -0.4 is 5.32 Å². The standard InChI is InChI=1S/C19H21N3O/c1-13-8-9-22-12-16(21-17(22)10-13)14-6-5-7-15(11-14)20-18(23)19(2,3)4/h5-12H,1-4H3,(H,20,23). The molecule has 0 aliphatic heterocycles. The topological polar surface area (TPSA) is 46.4 Å². The number of fused-ring (bicyclic) bond motifs is 1. The third-order valence-corrected chi connectivity index (χ3v) is 3.71. The summed E-state index contributed by atoms with van der Waals surface area (Å²) in [6.45, 7) is 7.75. The molecule has 2 heterocycles. The number of pyridine rings is 1. The van der Waals surface area contributed by atoms with Crippen molar-refractivity contribution >= 4 is 17.2 Å². The molecule has 0 saturated carbocycles. The molecule has 0 saturated heterocycles. The van der Waals surface area contributed by atoms with Crippen molar-refractivity contribution in [2.75, 3.05) is 5.32 Å². The molecule has 3 rings (SSSR count). The molecule has 0 aliphatic rings. The predicted molar refractivity (Wildman–Crippen MR) is 93.4 cm³/mol. The lowest BCUT2D eigenvalue weighted by atomic mass is 9.95. The van der Waals surface area contributed by atoms with Crippen molar-refractivity contribution in [3.63, 3.8) is 0 Å². The Morgan fingerprint density at radius 1 is 1.17 bits per heavy atom. The van der Waals surface area contributed by atoms with Crippen LogP contribution in [0.1, 0.15) is 26.3 Å². The molecule has 23 heavy (non-hydrogen) atoms. The molecule has 0 spiro atoms. The largest absolute Gasteiger partial charge is 0.326 e. The maximum atomic E-state index is 12.1. The Kier molecular flexibility index (Phi) is 3.68. The summed E-state index contributed by atoms with van der Waals surface area (Å²) in [6, 6.07) is 11.9. The van der Waals surface area contributed by atoms with Crippen molar-refractivity contribution in [2.24, 2.45) is 5.41 Å². The Balaban J connectivity index is 1.93. The molecule has 0 bridgehead atoms. The molecule has 4 nitrogen and oxygen atoms in total. The number of nitrogens with one attached hydrogen (secondary N) is 1. The highest BCUT2D eigenvalue weighted by atomic mass is 16.2. The molecule has 118 valence electrons. The molecular weight excluding hydrogens is 286 g/mol. The van der Waals surface area contributed by atoms with Crippen LogP contribution in [-0.4, -0.2) is 15.3 Å². The van der Waals surface area contributed by atoms with E-state index in [1.165, 1.54) is 5.56 Å². The van der Waals surface area contributed by atoms with Gasteiger partial charge in [0.15, 0.2) is 0 Å². The average molecular weight is 307 g/mol. The first-order valence-corrected chi connectivity index (χ1v) is 7.70. The summed E-state index contributed by atoms with van der Waals surface area (Å²) in [5.74, 6) is 0.000256. The number of carbonyl (C=O) groups is 1. The van der Waals surface area contributed by atoms with E-state index in [0.717, 1.165) is 22.6 Å². The predicted octanol–water partition coefficient (Wildman–Crippen LogP) is 4.29. The van der Waals surface area contributed by atoms with Crippen LogP contribution in [-0.2, 0) is 4.79 Å². The lowest BCUT2D eigenvalue weighted by Crippen LogP contribution is -2.27. The van der Waals surface area contributed by atoms with Crippen LogP contribution in [0.4, 0.5) is 5.69 Å². The van der Waals surface area contributed by atoms with Crippen LogP contribution >= 0.6 is 0 Å². The molecule has 1 aromatic carbocycles. The van der Waals surface area contributed by atoms with E-state index in [-0.39, 0.29) is 5.91 Å². The summed E-state index contributed by atoms with van der Waals surface area (Å²) >= 11 is 0. The van der Waals surface area contributed by atoms with Gasteiger partial charge in [-0.15, -0.1) is 0 Å².